The van der Waals surface area contributed by atoms with Crippen molar-refractivity contribution in [1.29, 1.82) is 0 Å². The predicted octanol–water partition coefficient (Wildman–Crippen LogP) is 5.91. The van der Waals surface area contributed by atoms with Crippen molar-refractivity contribution in [1.82, 2.24) is 9.87 Å². The second-order valence-corrected chi connectivity index (χ2v) is 11.8. The Labute approximate surface area is 190 Å². The molecule has 4 rings (SSSR count). The molecule has 2 aliphatic carbocycles. The van der Waals surface area contributed by atoms with Crippen LogP contribution in [0.25, 0.3) is 0 Å². The molecule has 1 aromatic heterocycles. The summed E-state index contributed by atoms with van der Waals surface area (Å²) in [5.41, 5.74) is 1.26. The summed E-state index contributed by atoms with van der Waals surface area (Å²) >= 11 is 1.10. The minimum atomic E-state index is -3.74. The van der Waals surface area contributed by atoms with Crippen LogP contribution < -0.4 is 4.89 Å². The fourth-order valence-electron chi connectivity index (χ4n) is 5.79. The Morgan fingerprint density at radius 1 is 0.968 bits per heavy atom. The molecule has 1 unspecified atom stereocenters. The zero-order valence-corrected chi connectivity index (χ0v) is 19.8. The van der Waals surface area contributed by atoms with Crippen molar-refractivity contribution in [3.63, 3.8) is 0 Å². The standard InChI is InChI=1S/C24H34N2O3S2/c27-31(28,24-25-16-17-30-24)26-29-18-22(19-10-4-1-5-11-19)23(20-12-6-2-7-13-20)21-14-8-3-9-15-21/h1,4-5,10-11,16-17,20-23,26H,2-3,6-9,12-15,18H2. The molecule has 2 aromatic rings. The van der Waals surface area contributed by atoms with Gasteiger partial charge in [0, 0.05) is 17.5 Å². The molecule has 1 aromatic carbocycles. The smallest absolute Gasteiger partial charge is 0.286 e. The Kier molecular flexibility index (Phi) is 8.15. The quantitative estimate of drug-likeness (QED) is 0.470. The van der Waals surface area contributed by atoms with Gasteiger partial charge >= 0.3 is 0 Å². The minimum absolute atomic E-state index is 0.0415. The summed E-state index contributed by atoms with van der Waals surface area (Å²) in [5.74, 6) is 2.11. The summed E-state index contributed by atoms with van der Waals surface area (Å²) < 4.78 is 25.0. The summed E-state index contributed by atoms with van der Waals surface area (Å²) in [6, 6.07) is 10.6. The zero-order valence-electron chi connectivity index (χ0n) is 18.1. The monoisotopic (exact) mass is 462 g/mol. The van der Waals surface area contributed by atoms with E-state index in [9.17, 15) is 8.42 Å². The third-order valence-corrected chi connectivity index (χ3v) is 9.57. The van der Waals surface area contributed by atoms with Gasteiger partial charge in [0.1, 0.15) is 0 Å². The number of benzene rings is 1. The maximum atomic E-state index is 12.5. The van der Waals surface area contributed by atoms with E-state index in [0.717, 1.165) is 11.3 Å². The summed E-state index contributed by atoms with van der Waals surface area (Å²) in [7, 11) is -3.74. The Bertz CT molecular complexity index is 857. The van der Waals surface area contributed by atoms with E-state index in [1.165, 1.54) is 76.0 Å². The largest absolute Gasteiger partial charge is 0.289 e. The van der Waals surface area contributed by atoms with Crippen molar-refractivity contribution < 1.29 is 13.3 Å². The van der Waals surface area contributed by atoms with Crippen LogP contribution in [0.4, 0.5) is 0 Å². The zero-order chi connectivity index (χ0) is 21.5. The highest BCUT2D eigenvalue weighted by molar-refractivity contribution is 7.91. The lowest BCUT2D eigenvalue weighted by atomic mass is 9.63. The Balaban J connectivity index is 1.55. The minimum Gasteiger partial charge on any atom is -0.286 e. The normalized spacial score (nSPS) is 20.2. The lowest BCUT2D eigenvalue weighted by Gasteiger charge is -2.42. The van der Waals surface area contributed by atoms with E-state index < -0.39 is 10.0 Å². The van der Waals surface area contributed by atoms with Crippen LogP contribution >= 0.6 is 11.3 Å². The molecule has 1 heterocycles. The first-order chi connectivity index (χ1) is 15.1. The molecule has 7 heteroatoms. The number of hydrogen-bond acceptors (Lipinski definition) is 5. The first-order valence-corrected chi connectivity index (χ1v) is 14.1. The highest BCUT2D eigenvalue weighted by atomic mass is 32.2. The number of aromatic nitrogens is 1. The number of sulfonamides is 1. The third-order valence-electron chi connectivity index (χ3n) is 7.15. The van der Waals surface area contributed by atoms with Crippen LogP contribution in [0.15, 0.2) is 46.2 Å². The van der Waals surface area contributed by atoms with Crippen LogP contribution in [0.5, 0.6) is 0 Å². The van der Waals surface area contributed by atoms with E-state index in [2.05, 4.69) is 34.1 Å². The lowest BCUT2D eigenvalue weighted by Crippen LogP contribution is -2.36. The summed E-state index contributed by atoms with van der Waals surface area (Å²) in [4.78, 5) is 12.0. The SMILES string of the molecule is O=S(=O)(NOCC(c1ccccc1)C(C1CCCCC1)C1CCCCC1)c1nccs1. The summed E-state index contributed by atoms with van der Waals surface area (Å²) in [6.07, 6.45) is 14.6. The van der Waals surface area contributed by atoms with E-state index in [1.807, 2.05) is 6.07 Å². The number of hydrogen-bond donors (Lipinski definition) is 1. The molecule has 170 valence electrons. The Hall–Kier alpha value is -1.28. The van der Waals surface area contributed by atoms with Gasteiger partial charge in [-0.1, -0.05) is 99.4 Å². The topological polar surface area (TPSA) is 68.3 Å². The second-order valence-electron chi connectivity index (χ2n) is 9.09. The molecule has 0 saturated heterocycles. The molecule has 0 aliphatic heterocycles. The molecular formula is C24H34N2O3S2. The fraction of sp³-hybridized carbons (Fsp3) is 0.625. The van der Waals surface area contributed by atoms with Crippen LogP contribution in [0, 0.1) is 17.8 Å². The van der Waals surface area contributed by atoms with Crippen LogP contribution in [0.3, 0.4) is 0 Å². The van der Waals surface area contributed by atoms with Crippen LogP contribution in [-0.2, 0) is 14.9 Å². The molecule has 0 amide bonds. The first kappa shape index (κ1) is 22.9. The van der Waals surface area contributed by atoms with Gasteiger partial charge in [0.2, 0.25) is 4.34 Å². The van der Waals surface area contributed by atoms with E-state index in [-0.39, 0.29) is 10.3 Å². The molecular weight excluding hydrogens is 428 g/mol. The van der Waals surface area contributed by atoms with Gasteiger partial charge in [-0.15, -0.1) is 11.3 Å². The number of rotatable bonds is 9. The molecule has 2 aliphatic rings. The van der Waals surface area contributed by atoms with Crippen LogP contribution in [-0.4, -0.2) is 20.0 Å². The molecule has 2 fully saturated rings. The highest BCUT2D eigenvalue weighted by Crippen LogP contribution is 2.46. The maximum Gasteiger partial charge on any atom is 0.289 e. The molecule has 5 nitrogen and oxygen atoms in total. The average Bonchev–Trinajstić information content (AvgIpc) is 3.37. The van der Waals surface area contributed by atoms with Gasteiger partial charge in [0.05, 0.1) is 6.61 Å². The van der Waals surface area contributed by atoms with E-state index in [1.54, 1.807) is 5.38 Å². The molecule has 1 atom stereocenters. The molecule has 0 bridgehead atoms. The first-order valence-electron chi connectivity index (χ1n) is 11.7. The van der Waals surface area contributed by atoms with Gasteiger partial charge in [0.25, 0.3) is 10.0 Å². The molecule has 0 spiro atoms. The van der Waals surface area contributed by atoms with Gasteiger partial charge in [0.15, 0.2) is 0 Å². The van der Waals surface area contributed by atoms with Crippen LogP contribution in [0.1, 0.15) is 75.7 Å². The van der Waals surface area contributed by atoms with Gasteiger partial charge in [-0.3, -0.25) is 4.84 Å². The Morgan fingerprint density at radius 2 is 1.58 bits per heavy atom. The second kappa shape index (κ2) is 11.0. The third kappa shape index (κ3) is 5.95. The molecule has 0 radical (unpaired) electrons. The summed E-state index contributed by atoms with van der Waals surface area (Å²) in [6.45, 7) is 0.353. The van der Waals surface area contributed by atoms with E-state index in [0.29, 0.717) is 24.4 Å². The fourth-order valence-corrected chi connectivity index (χ4v) is 7.42. The number of nitrogens with one attached hydrogen (secondary N) is 1. The van der Waals surface area contributed by atoms with Crippen molar-refractivity contribution in [2.75, 3.05) is 6.61 Å². The molecule has 2 saturated carbocycles. The van der Waals surface area contributed by atoms with Gasteiger partial charge < -0.3 is 0 Å². The van der Waals surface area contributed by atoms with Crippen molar-refractivity contribution in [3.8, 4) is 0 Å². The number of thiazole rings is 1. The average molecular weight is 463 g/mol. The van der Waals surface area contributed by atoms with E-state index >= 15 is 0 Å². The number of nitrogens with zero attached hydrogens (tertiary/aromatic N) is 1. The van der Waals surface area contributed by atoms with Crippen LogP contribution in [0.2, 0.25) is 0 Å². The maximum absolute atomic E-state index is 12.5. The van der Waals surface area contributed by atoms with Gasteiger partial charge in [-0.2, -0.15) is 0 Å². The van der Waals surface area contributed by atoms with E-state index in [4.69, 9.17) is 4.84 Å². The van der Waals surface area contributed by atoms with Gasteiger partial charge in [-0.25, -0.2) is 13.4 Å². The van der Waals surface area contributed by atoms with Crippen molar-refractivity contribution in [3.05, 3.63) is 47.5 Å². The van der Waals surface area contributed by atoms with Crippen molar-refractivity contribution >= 4 is 21.4 Å². The Morgan fingerprint density at radius 3 is 2.13 bits per heavy atom. The predicted molar refractivity (Wildman–Crippen MR) is 124 cm³/mol. The lowest BCUT2D eigenvalue weighted by molar-refractivity contribution is 0.0305. The summed E-state index contributed by atoms with van der Waals surface area (Å²) in [5, 5.41) is 1.66. The highest BCUT2D eigenvalue weighted by Gasteiger charge is 2.38. The van der Waals surface area contributed by atoms with Gasteiger partial charge in [-0.05, 0) is 23.3 Å². The molecule has 1 N–H and O–H groups in total. The molecule has 31 heavy (non-hydrogen) atoms. The van der Waals surface area contributed by atoms with Crippen molar-refractivity contribution in [2.24, 2.45) is 17.8 Å². The van der Waals surface area contributed by atoms with Crippen molar-refractivity contribution in [2.45, 2.75) is 74.5 Å².